The van der Waals surface area contributed by atoms with E-state index in [1.165, 1.54) is 6.26 Å². The first-order valence-corrected chi connectivity index (χ1v) is 8.59. The first-order valence-electron chi connectivity index (χ1n) is 8.59. The number of nitrogens with zero attached hydrogens (tertiary/aromatic N) is 1. The number of carbonyl (C=O) groups excluding carboxylic acids is 2. The van der Waals surface area contributed by atoms with E-state index in [9.17, 15) is 14.4 Å². The van der Waals surface area contributed by atoms with Crippen LogP contribution in [0.2, 0.25) is 0 Å². The maximum atomic E-state index is 11.6. The minimum absolute atomic E-state index is 0.216. The predicted molar refractivity (Wildman–Crippen MR) is 92.1 cm³/mol. The van der Waals surface area contributed by atoms with E-state index in [0.717, 1.165) is 0 Å². The van der Waals surface area contributed by atoms with Gasteiger partial charge in [0, 0.05) is 13.1 Å². The van der Waals surface area contributed by atoms with Gasteiger partial charge in [0.1, 0.15) is 6.04 Å². The maximum Gasteiger partial charge on any atom is 0.348 e. The van der Waals surface area contributed by atoms with Gasteiger partial charge in [-0.15, -0.1) is 0 Å². The minimum Gasteiger partial charge on any atom is -0.480 e. The lowest BCUT2D eigenvalue weighted by Gasteiger charge is -2.13. The monoisotopic (exact) mass is 372 g/mol. The average molecular weight is 372 g/mol. The van der Waals surface area contributed by atoms with Gasteiger partial charge in [0.2, 0.25) is 6.10 Å². The van der Waals surface area contributed by atoms with Gasteiger partial charge >= 0.3 is 18.0 Å². The number of hydrogen-bond donors (Lipinski definition) is 4. The number of ether oxygens (including phenoxy) is 2. The standard InChI is InChI=1S/C16H28N4O6/c1-3-25-15(23)13(26-11-17)8-4-5-9-19-16(24)20-10-6-7-12(18-2)14(21)22/h12-13,18H,3-10H2,1-2H3,(H,21,22)(H2,19,20,24). The molecule has 0 heterocycles. The van der Waals surface area contributed by atoms with Crippen molar-refractivity contribution in [1.29, 1.82) is 5.26 Å². The molecule has 0 rings (SSSR count). The Balaban J connectivity index is 3.80. The van der Waals surface area contributed by atoms with Crippen LogP contribution < -0.4 is 16.0 Å². The Morgan fingerprint density at radius 1 is 1.12 bits per heavy atom. The van der Waals surface area contributed by atoms with Crippen LogP contribution in [0.15, 0.2) is 0 Å². The number of nitrogens with one attached hydrogen (secondary N) is 3. The molecule has 0 saturated heterocycles. The Morgan fingerprint density at radius 2 is 1.77 bits per heavy atom. The molecule has 10 heteroatoms. The zero-order valence-electron chi connectivity index (χ0n) is 15.2. The summed E-state index contributed by atoms with van der Waals surface area (Å²) in [5, 5.41) is 25.4. The van der Waals surface area contributed by atoms with E-state index in [0.29, 0.717) is 45.2 Å². The molecule has 10 nitrogen and oxygen atoms in total. The Hall–Kier alpha value is -2.54. The number of carbonyl (C=O) groups is 3. The molecular formula is C16H28N4O6. The molecule has 0 bridgehead atoms. The highest BCUT2D eigenvalue weighted by Gasteiger charge is 2.20. The molecule has 2 amide bonds. The van der Waals surface area contributed by atoms with E-state index < -0.39 is 24.1 Å². The zero-order chi connectivity index (χ0) is 19.8. The van der Waals surface area contributed by atoms with Crippen LogP contribution in [0.25, 0.3) is 0 Å². The van der Waals surface area contributed by atoms with Crippen LogP contribution in [0.1, 0.15) is 39.0 Å². The summed E-state index contributed by atoms with van der Waals surface area (Å²) < 4.78 is 9.49. The molecule has 26 heavy (non-hydrogen) atoms. The van der Waals surface area contributed by atoms with Crippen molar-refractivity contribution in [2.24, 2.45) is 0 Å². The molecule has 2 unspecified atom stereocenters. The topological polar surface area (TPSA) is 150 Å². The van der Waals surface area contributed by atoms with Crippen molar-refractivity contribution in [1.82, 2.24) is 16.0 Å². The fourth-order valence-electron chi connectivity index (χ4n) is 2.14. The lowest BCUT2D eigenvalue weighted by molar-refractivity contribution is -0.153. The van der Waals surface area contributed by atoms with Gasteiger partial charge in [-0.3, -0.25) is 4.79 Å². The third-order valence-electron chi connectivity index (χ3n) is 3.52. The highest BCUT2D eigenvalue weighted by Crippen LogP contribution is 2.06. The largest absolute Gasteiger partial charge is 0.480 e. The number of aliphatic carboxylic acids is 1. The third kappa shape index (κ3) is 11.1. The molecule has 0 fully saturated rings. The molecule has 0 spiro atoms. The van der Waals surface area contributed by atoms with Gasteiger partial charge in [0.05, 0.1) is 6.61 Å². The highest BCUT2D eigenvalue weighted by atomic mass is 16.6. The number of rotatable bonds is 14. The van der Waals surface area contributed by atoms with Crippen molar-refractivity contribution in [2.45, 2.75) is 51.2 Å². The number of likely N-dealkylation sites (N-methyl/N-ethyl adjacent to an activating group) is 1. The summed E-state index contributed by atoms with van der Waals surface area (Å²) in [6.07, 6.45) is 3.05. The van der Waals surface area contributed by atoms with Gasteiger partial charge in [-0.05, 0) is 46.1 Å². The molecule has 4 N–H and O–H groups in total. The first-order chi connectivity index (χ1) is 12.5. The summed E-state index contributed by atoms with van der Waals surface area (Å²) in [6.45, 7) is 2.66. The normalized spacial score (nSPS) is 12.3. The number of nitriles is 1. The van der Waals surface area contributed by atoms with Crippen molar-refractivity contribution in [3.8, 4) is 6.26 Å². The number of carboxylic acid groups (broad SMARTS) is 1. The summed E-state index contributed by atoms with van der Waals surface area (Å²) in [5.41, 5.74) is 0. The summed E-state index contributed by atoms with van der Waals surface area (Å²) in [6, 6.07) is -0.959. The molecule has 2 atom stereocenters. The maximum absolute atomic E-state index is 11.6. The average Bonchev–Trinajstić information content (AvgIpc) is 2.60. The molecule has 0 aliphatic carbocycles. The second kappa shape index (κ2) is 14.8. The Labute approximate surface area is 153 Å². The van der Waals surface area contributed by atoms with E-state index in [2.05, 4.69) is 20.7 Å². The quantitative estimate of drug-likeness (QED) is 0.194. The second-order valence-corrected chi connectivity index (χ2v) is 5.45. The van der Waals surface area contributed by atoms with Gasteiger partial charge < -0.3 is 30.5 Å². The van der Waals surface area contributed by atoms with Crippen molar-refractivity contribution >= 4 is 18.0 Å². The van der Waals surface area contributed by atoms with Crippen LogP contribution in [-0.4, -0.2) is 62.0 Å². The van der Waals surface area contributed by atoms with Gasteiger partial charge in [-0.1, -0.05) is 0 Å². The summed E-state index contributed by atoms with van der Waals surface area (Å²) in [5.74, 6) is -1.49. The third-order valence-corrected chi connectivity index (χ3v) is 3.52. The highest BCUT2D eigenvalue weighted by molar-refractivity contribution is 5.75. The Kier molecular flexibility index (Phi) is 13.3. The number of hydrogen-bond acceptors (Lipinski definition) is 7. The van der Waals surface area contributed by atoms with Crippen LogP contribution in [0.4, 0.5) is 4.79 Å². The molecule has 0 aromatic rings. The summed E-state index contributed by atoms with van der Waals surface area (Å²) in [7, 11) is 1.58. The lowest BCUT2D eigenvalue weighted by atomic mass is 10.1. The molecule has 148 valence electrons. The molecule has 0 aromatic heterocycles. The first kappa shape index (κ1) is 23.5. The van der Waals surface area contributed by atoms with Crippen LogP contribution in [0.5, 0.6) is 0 Å². The number of urea groups is 1. The van der Waals surface area contributed by atoms with Gasteiger partial charge in [-0.25, -0.2) is 9.59 Å². The molecular weight excluding hydrogens is 344 g/mol. The van der Waals surface area contributed by atoms with Crippen molar-refractivity contribution in [3.05, 3.63) is 0 Å². The fraction of sp³-hybridized carbons (Fsp3) is 0.750. The van der Waals surface area contributed by atoms with Gasteiger partial charge in [0.25, 0.3) is 6.26 Å². The number of unbranched alkanes of at least 4 members (excludes halogenated alkanes) is 1. The number of carboxylic acids is 1. The van der Waals surface area contributed by atoms with Crippen LogP contribution in [0, 0.1) is 11.5 Å². The molecule has 0 aliphatic rings. The van der Waals surface area contributed by atoms with E-state index in [-0.39, 0.29) is 12.6 Å². The Bertz CT molecular complexity index is 480. The SMILES string of the molecule is CCOC(=O)C(CCCCNC(=O)NCCCC(NC)C(=O)O)OC#N. The van der Waals surface area contributed by atoms with E-state index >= 15 is 0 Å². The fourth-order valence-corrected chi connectivity index (χ4v) is 2.14. The van der Waals surface area contributed by atoms with Crippen LogP contribution in [0.3, 0.4) is 0 Å². The molecule has 0 saturated carbocycles. The molecule has 0 radical (unpaired) electrons. The van der Waals surface area contributed by atoms with Crippen molar-refractivity contribution < 1.29 is 29.0 Å². The van der Waals surface area contributed by atoms with E-state index in [1.807, 2.05) is 0 Å². The molecule has 0 aliphatic heterocycles. The van der Waals surface area contributed by atoms with E-state index in [4.69, 9.17) is 15.1 Å². The van der Waals surface area contributed by atoms with Gasteiger partial charge in [0.15, 0.2) is 0 Å². The summed E-state index contributed by atoms with van der Waals surface area (Å²) >= 11 is 0. The minimum atomic E-state index is -0.918. The van der Waals surface area contributed by atoms with Gasteiger partial charge in [-0.2, -0.15) is 5.26 Å². The van der Waals surface area contributed by atoms with Crippen LogP contribution in [-0.2, 0) is 19.1 Å². The smallest absolute Gasteiger partial charge is 0.348 e. The molecule has 0 aromatic carbocycles. The van der Waals surface area contributed by atoms with E-state index in [1.54, 1.807) is 14.0 Å². The predicted octanol–water partition coefficient (Wildman–Crippen LogP) is 0.338. The van der Waals surface area contributed by atoms with Crippen molar-refractivity contribution in [2.75, 3.05) is 26.7 Å². The Morgan fingerprint density at radius 3 is 2.31 bits per heavy atom. The number of amides is 2. The van der Waals surface area contributed by atoms with Crippen LogP contribution >= 0.6 is 0 Å². The lowest BCUT2D eigenvalue weighted by Crippen LogP contribution is -2.38. The van der Waals surface area contributed by atoms with Crippen molar-refractivity contribution in [3.63, 3.8) is 0 Å². The second-order valence-electron chi connectivity index (χ2n) is 5.45. The number of esters is 1. The zero-order valence-corrected chi connectivity index (χ0v) is 15.2. The summed E-state index contributed by atoms with van der Waals surface area (Å²) in [4.78, 5) is 33.9.